The van der Waals surface area contributed by atoms with Crippen LogP contribution in [0.5, 0.6) is 0 Å². The molecule has 0 saturated heterocycles. The van der Waals surface area contributed by atoms with Gasteiger partial charge >= 0.3 is 0 Å². The van der Waals surface area contributed by atoms with E-state index in [1.165, 1.54) is 4.88 Å². The Labute approximate surface area is 76.4 Å². The van der Waals surface area contributed by atoms with Gasteiger partial charge in [0.05, 0.1) is 5.01 Å². The molecule has 0 atom stereocenters. The van der Waals surface area contributed by atoms with Crippen LogP contribution in [-0.4, -0.2) is 4.98 Å². The van der Waals surface area contributed by atoms with Gasteiger partial charge in [-0.3, -0.25) is 0 Å². The van der Waals surface area contributed by atoms with Gasteiger partial charge in [0.2, 0.25) is 0 Å². The molecule has 1 rings (SSSR count). The Balaban J connectivity index is 3.13. The monoisotopic (exact) mass is 189 g/mol. The van der Waals surface area contributed by atoms with Crippen molar-refractivity contribution >= 4 is 22.9 Å². The maximum atomic E-state index is 5.93. The fourth-order valence-electron chi connectivity index (χ4n) is 0.864. The highest BCUT2D eigenvalue weighted by molar-refractivity contribution is 7.12. The molecule has 0 aliphatic heterocycles. The maximum absolute atomic E-state index is 5.93. The van der Waals surface area contributed by atoms with Crippen LogP contribution in [0.2, 0.25) is 5.15 Å². The van der Waals surface area contributed by atoms with E-state index in [1.807, 2.05) is 6.92 Å². The quantitative estimate of drug-likeness (QED) is 0.610. The molecule has 0 aliphatic rings. The van der Waals surface area contributed by atoms with Crippen molar-refractivity contribution in [2.45, 2.75) is 33.1 Å². The summed E-state index contributed by atoms with van der Waals surface area (Å²) in [6.45, 7) is 8.41. The molecule has 0 radical (unpaired) electrons. The highest BCUT2D eigenvalue weighted by Gasteiger charge is 2.20. The van der Waals surface area contributed by atoms with Crippen LogP contribution in [0.15, 0.2) is 0 Å². The number of halogens is 1. The zero-order chi connectivity index (χ0) is 8.65. The van der Waals surface area contributed by atoms with E-state index in [-0.39, 0.29) is 5.41 Å². The van der Waals surface area contributed by atoms with Gasteiger partial charge in [-0.1, -0.05) is 32.4 Å². The van der Waals surface area contributed by atoms with E-state index in [2.05, 4.69) is 25.8 Å². The Morgan fingerprint density at radius 2 is 1.91 bits per heavy atom. The molecule has 3 heteroatoms. The molecule has 0 N–H and O–H groups in total. The third-order valence-corrected chi connectivity index (χ3v) is 3.16. The summed E-state index contributed by atoms with van der Waals surface area (Å²) in [5, 5.41) is 1.71. The number of hydrogen-bond donors (Lipinski definition) is 0. The van der Waals surface area contributed by atoms with Gasteiger partial charge < -0.3 is 0 Å². The lowest BCUT2D eigenvalue weighted by molar-refractivity contribution is 0.602. The highest BCUT2D eigenvalue weighted by Crippen LogP contribution is 2.33. The van der Waals surface area contributed by atoms with Gasteiger partial charge in [-0.2, -0.15) is 0 Å². The second kappa shape index (κ2) is 2.76. The fourth-order valence-corrected chi connectivity index (χ4v) is 2.31. The van der Waals surface area contributed by atoms with E-state index >= 15 is 0 Å². The number of rotatable bonds is 0. The first-order chi connectivity index (χ1) is 4.91. The summed E-state index contributed by atoms with van der Waals surface area (Å²) in [4.78, 5) is 5.34. The van der Waals surface area contributed by atoms with E-state index in [9.17, 15) is 0 Å². The minimum absolute atomic E-state index is 0.128. The largest absolute Gasteiger partial charge is 0.230 e. The van der Waals surface area contributed by atoms with Crippen molar-refractivity contribution in [2.75, 3.05) is 0 Å². The molecule has 0 spiro atoms. The van der Waals surface area contributed by atoms with E-state index in [0.29, 0.717) is 5.15 Å². The van der Waals surface area contributed by atoms with Crippen LogP contribution in [0.4, 0.5) is 0 Å². The zero-order valence-electron chi connectivity index (χ0n) is 7.23. The number of nitrogens with zero attached hydrogens (tertiary/aromatic N) is 1. The van der Waals surface area contributed by atoms with E-state index in [1.54, 1.807) is 11.3 Å². The van der Waals surface area contributed by atoms with E-state index < -0.39 is 0 Å². The van der Waals surface area contributed by atoms with Crippen LogP contribution in [0, 0.1) is 6.92 Å². The molecule has 0 aliphatic carbocycles. The Hall–Kier alpha value is -0.0800. The van der Waals surface area contributed by atoms with Crippen molar-refractivity contribution in [2.24, 2.45) is 0 Å². The van der Waals surface area contributed by atoms with Crippen LogP contribution >= 0.6 is 22.9 Å². The van der Waals surface area contributed by atoms with Crippen molar-refractivity contribution in [3.8, 4) is 0 Å². The van der Waals surface area contributed by atoms with Crippen LogP contribution < -0.4 is 0 Å². The van der Waals surface area contributed by atoms with Gasteiger partial charge in [0.15, 0.2) is 0 Å². The predicted octanol–water partition coefficient (Wildman–Crippen LogP) is 3.40. The molecular weight excluding hydrogens is 178 g/mol. The van der Waals surface area contributed by atoms with Gasteiger partial charge in [-0.15, -0.1) is 11.3 Å². The standard InChI is InChI=1S/C8H12ClNS/c1-5-10-7(9)6(11-5)8(2,3)4/h1-4H3. The van der Waals surface area contributed by atoms with Gasteiger partial charge in [0.25, 0.3) is 0 Å². The molecule has 1 aromatic heterocycles. The Morgan fingerprint density at radius 3 is 2.09 bits per heavy atom. The molecule has 0 aromatic carbocycles. The molecule has 62 valence electrons. The molecule has 1 aromatic rings. The normalized spacial score (nSPS) is 12.1. The second-order valence-electron chi connectivity index (χ2n) is 3.60. The lowest BCUT2D eigenvalue weighted by Crippen LogP contribution is -2.08. The van der Waals surface area contributed by atoms with E-state index in [4.69, 9.17) is 11.6 Å². The van der Waals surface area contributed by atoms with Crippen molar-refractivity contribution in [3.63, 3.8) is 0 Å². The number of thiazole rings is 1. The first kappa shape index (κ1) is 9.01. The molecule has 0 fully saturated rings. The van der Waals surface area contributed by atoms with E-state index in [0.717, 1.165) is 5.01 Å². The first-order valence-electron chi connectivity index (χ1n) is 3.54. The predicted molar refractivity (Wildman–Crippen MR) is 50.6 cm³/mol. The van der Waals surface area contributed by atoms with Crippen molar-refractivity contribution < 1.29 is 0 Å². The molecule has 1 heterocycles. The van der Waals surface area contributed by atoms with Gasteiger partial charge in [-0.05, 0) is 12.3 Å². The first-order valence-corrected chi connectivity index (χ1v) is 4.74. The van der Waals surface area contributed by atoms with Crippen LogP contribution in [0.3, 0.4) is 0 Å². The summed E-state index contributed by atoms with van der Waals surface area (Å²) in [6.07, 6.45) is 0. The lowest BCUT2D eigenvalue weighted by Gasteiger charge is -2.15. The summed E-state index contributed by atoms with van der Waals surface area (Å²) in [7, 11) is 0. The van der Waals surface area contributed by atoms with Crippen LogP contribution in [0.25, 0.3) is 0 Å². The second-order valence-corrected chi connectivity index (χ2v) is 5.16. The zero-order valence-corrected chi connectivity index (χ0v) is 8.81. The maximum Gasteiger partial charge on any atom is 0.143 e. The van der Waals surface area contributed by atoms with Crippen molar-refractivity contribution in [3.05, 3.63) is 15.0 Å². The highest BCUT2D eigenvalue weighted by atomic mass is 35.5. The molecular formula is C8H12ClNS. The summed E-state index contributed by atoms with van der Waals surface area (Å²) in [5.74, 6) is 0. The topological polar surface area (TPSA) is 12.9 Å². The summed E-state index contributed by atoms with van der Waals surface area (Å²) in [5.41, 5.74) is 0.128. The Bertz CT molecular complexity index is 260. The summed E-state index contributed by atoms with van der Waals surface area (Å²) < 4.78 is 0. The van der Waals surface area contributed by atoms with Crippen molar-refractivity contribution in [1.82, 2.24) is 4.98 Å². The smallest absolute Gasteiger partial charge is 0.143 e. The van der Waals surface area contributed by atoms with Crippen LogP contribution in [0.1, 0.15) is 30.7 Å². The third-order valence-electron chi connectivity index (χ3n) is 1.37. The third kappa shape index (κ3) is 1.94. The molecule has 0 bridgehead atoms. The molecule has 0 saturated carbocycles. The molecule has 0 amide bonds. The van der Waals surface area contributed by atoms with Gasteiger partial charge in [-0.25, -0.2) is 4.98 Å². The number of aromatic nitrogens is 1. The summed E-state index contributed by atoms with van der Waals surface area (Å²) in [6, 6.07) is 0. The minimum Gasteiger partial charge on any atom is -0.230 e. The van der Waals surface area contributed by atoms with Gasteiger partial charge in [0.1, 0.15) is 5.15 Å². The number of aryl methyl sites for hydroxylation is 1. The fraction of sp³-hybridized carbons (Fsp3) is 0.625. The SMILES string of the molecule is Cc1nc(Cl)c(C(C)(C)C)s1. The average molecular weight is 190 g/mol. The molecule has 1 nitrogen and oxygen atoms in total. The Morgan fingerprint density at radius 1 is 1.36 bits per heavy atom. The van der Waals surface area contributed by atoms with Crippen LogP contribution in [-0.2, 0) is 5.41 Å². The number of hydrogen-bond acceptors (Lipinski definition) is 2. The lowest BCUT2D eigenvalue weighted by atomic mass is 9.95. The molecule has 11 heavy (non-hydrogen) atoms. The van der Waals surface area contributed by atoms with Gasteiger partial charge in [0, 0.05) is 4.88 Å². The summed E-state index contributed by atoms with van der Waals surface area (Å²) >= 11 is 7.61. The Kier molecular flexibility index (Phi) is 2.26. The molecule has 0 unspecified atom stereocenters. The average Bonchev–Trinajstić information content (AvgIpc) is 2.08. The van der Waals surface area contributed by atoms with Crippen molar-refractivity contribution in [1.29, 1.82) is 0 Å². The minimum atomic E-state index is 0.128.